The third-order valence-corrected chi connectivity index (χ3v) is 2.11. The predicted molar refractivity (Wildman–Crippen MR) is 54.9 cm³/mol. The molecule has 0 aromatic rings. The van der Waals surface area contributed by atoms with Gasteiger partial charge in [0.1, 0.15) is 0 Å². The number of nitrogens with one attached hydrogen (secondary N) is 1. The molecule has 0 saturated heterocycles. The number of ether oxygens (including phenoxy) is 1. The van der Waals surface area contributed by atoms with Crippen molar-refractivity contribution in [1.82, 2.24) is 5.32 Å². The van der Waals surface area contributed by atoms with E-state index in [1.165, 1.54) is 0 Å². The summed E-state index contributed by atoms with van der Waals surface area (Å²) in [6.07, 6.45) is 0.628. The minimum atomic E-state index is -0.699. The number of hydrogen-bond donors (Lipinski definition) is 2. The van der Waals surface area contributed by atoms with Crippen LogP contribution in [0.25, 0.3) is 0 Å². The average Bonchev–Trinajstić information content (AvgIpc) is 1.99. The van der Waals surface area contributed by atoms with Crippen molar-refractivity contribution in [1.29, 1.82) is 0 Å². The predicted octanol–water partition coefficient (Wildman–Crippen LogP) is 1.16. The smallest absolute Gasteiger partial charge is 0.0770 e. The van der Waals surface area contributed by atoms with Crippen LogP contribution in [-0.2, 0) is 4.74 Å². The largest absolute Gasteiger partial charge is 0.389 e. The van der Waals surface area contributed by atoms with E-state index in [4.69, 9.17) is 4.74 Å². The number of aliphatic hydroxyl groups is 1. The third-order valence-electron chi connectivity index (χ3n) is 2.11. The second-order valence-electron chi connectivity index (χ2n) is 4.42. The van der Waals surface area contributed by atoms with Gasteiger partial charge < -0.3 is 15.2 Å². The maximum Gasteiger partial charge on any atom is 0.0770 e. The molecule has 2 N–H and O–H groups in total. The van der Waals surface area contributed by atoms with Crippen LogP contribution in [0.15, 0.2) is 0 Å². The highest BCUT2D eigenvalue weighted by atomic mass is 16.5. The molecule has 0 bridgehead atoms. The number of methoxy groups -OCH3 is 1. The first-order chi connectivity index (χ1) is 5.83. The molecule has 0 aliphatic heterocycles. The molecule has 0 heterocycles. The molecule has 0 saturated carbocycles. The van der Waals surface area contributed by atoms with Crippen LogP contribution in [0, 0.1) is 0 Å². The van der Waals surface area contributed by atoms with Crippen molar-refractivity contribution in [3.8, 4) is 0 Å². The van der Waals surface area contributed by atoms with Gasteiger partial charge in [-0.25, -0.2) is 0 Å². The molecule has 0 spiro atoms. The van der Waals surface area contributed by atoms with E-state index in [0.29, 0.717) is 13.0 Å². The lowest BCUT2D eigenvalue weighted by molar-refractivity contribution is -0.0573. The maximum absolute atomic E-state index is 9.97. The van der Waals surface area contributed by atoms with Gasteiger partial charge in [-0.05, 0) is 27.3 Å². The summed E-state index contributed by atoms with van der Waals surface area (Å²) in [5.74, 6) is 0. The lowest BCUT2D eigenvalue weighted by Gasteiger charge is -2.32. The highest BCUT2D eigenvalue weighted by molar-refractivity contribution is 4.84. The zero-order chi connectivity index (χ0) is 10.5. The van der Waals surface area contributed by atoms with Crippen LogP contribution in [0.2, 0.25) is 0 Å². The van der Waals surface area contributed by atoms with Gasteiger partial charge in [-0.1, -0.05) is 6.92 Å². The second-order valence-corrected chi connectivity index (χ2v) is 4.42. The molecule has 0 fully saturated rings. The lowest BCUT2D eigenvalue weighted by Crippen LogP contribution is -2.44. The summed E-state index contributed by atoms with van der Waals surface area (Å²) in [4.78, 5) is 0. The molecule has 0 rings (SSSR count). The second kappa shape index (κ2) is 4.94. The number of rotatable bonds is 6. The zero-order valence-electron chi connectivity index (χ0n) is 9.48. The lowest BCUT2D eigenvalue weighted by atomic mass is 9.91. The molecule has 80 valence electrons. The van der Waals surface area contributed by atoms with Gasteiger partial charge in [0.15, 0.2) is 0 Å². The van der Waals surface area contributed by atoms with Crippen molar-refractivity contribution in [2.45, 2.75) is 45.3 Å². The van der Waals surface area contributed by atoms with Crippen LogP contribution in [0.5, 0.6) is 0 Å². The first kappa shape index (κ1) is 12.9. The van der Waals surface area contributed by atoms with Crippen molar-refractivity contribution in [3.63, 3.8) is 0 Å². The maximum atomic E-state index is 9.97. The van der Waals surface area contributed by atoms with Crippen molar-refractivity contribution in [2.24, 2.45) is 0 Å². The first-order valence-electron chi connectivity index (χ1n) is 4.81. The fraction of sp³-hybridized carbons (Fsp3) is 1.00. The van der Waals surface area contributed by atoms with Gasteiger partial charge in [0.2, 0.25) is 0 Å². The van der Waals surface area contributed by atoms with Crippen LogP contribution in [0.4, 0.5) is 0 Å². The van der Waals surface area contributed by atoms with Gasteiger partial charge in [0.25, 0.3) is 0 Å². The molecule has 1 unspecified atom stereocenters. The van der Waals surface area contributed by atoms with Crippen molar-refractivity contribution < 1.29 is 9.84 Å². The van der Waals surface area contributed by atoms with Crippen molar-refractivity contribution in [2.75, 3.05) is 20.2 Å². The molecule has 3 nitrogen and oxygen atoms in total. The van der Waals surface area contributed by atoms with E-state index < -0.39 is 5.60 Å². The monoisotopic (exact) mass is 189 g/mol. The van der Waals surface area contributed by atoms with Gasteiger partial charge in [0.05, 0.1) is 11.2 Å². The van der Waals surface area contributed by atoms with Crippen LogP contribution in [-0.4, -0.2) is 36.5 Å². The number of hydrogen-bond acceptors (Lipinski definition) is 3. The normalized spacial score (nSPS) is 17.1. The Balaban J connectivity index is 4.00. The van der Waals surface area contributed by atoms with E-state index in [2.05, 4.69) is 5.32 Å². The summed E-state index contributed by atoms with van der Waals surface area (Å²) < 4.78 is 5.27. The minimum absolute atomic E-state index is 0.265. The van der Waals surface area contributed by atoms with E-state index in [0.717, 1.165) is 6.54 Å². The molecule has 0 aromatic carbocycles. The standard InChI is InChI=1S/C10H23NO2/c1-6-11-8-10(4,12)7-9(2,3)13-5/h11-12H,6-8H2,1-5H3. The fourth-order valence-electron chi connectivity index (χ4n) is 1.45. The summed E-state index contributed by atoms with van der Waals surface area (Å²) in [7, 11) is 1.67. The topological polar surface area (TPSA) is 41.5 Å². The van der Waals surface area contributed by atoms with Crippen molar-refractivity contribution >= 4 is 0 Å². The quantitative estimate of drug-likeness (QED) is 0.659. The highest BCUT2D eigenvalue weighted by Gasteiger charge is 2.29. The Morgan fingerprint density at radius 3 is 2.23 bits per heavy atom. The van der Waals surface area contributed by atoms with Crippen LogP contribution in [0.3, 0.4) is 0 Å². The van der Waals surface area contributed by atoms with Gasteiger partial charge in [-0.2, -0.15) is 0 Å². The van der Waals surface area contributed by atoms with Crippen molar-refractivity contribution in [3.05, 3.63) is 0 Å². The van der Waals surface area contributed by atoms with E-state index in [1.807, 2.05) is 27.7 Å². The summed E-state index contributed by atoms with van der Waals surface area (Å²) in [6.45, 7) is 9.30. The Labute approximate surface area is 81.5 Å². The highest BCUT2D eigenvalue weighted by Crippen LogP contribution is 2.22. The molecular weight excluding hydrogens is 166 g/mol. The average molecular weight is 189 g/mol. The fourth-order valence-corrected chi connectivity index (χ4v) is 1.45. The van der Waals surface area contributed by atoms with Gasteiger partial charge in [-0.3, -0.25) is 0 Å². The summed E-state index contributed by atoms with van der Waals surface area (Å²) in [6, 6.07) is 0. The molecule has 0 radical (unpaired) electrons. The van der Waals surface area contributed by atoms with E-state index in [1.54, 1.807) is 7.11 Å². The molecular formula is C10H23NO2. The molecule has 3 heteroatoms. The Hall–Kier alpha value is -0.120. The summed E-state index contributed by atoms with van der Waals surface area (Å²) in [5.41, 5.74) is -0.964. The van der Waals surface area contributed by atoms with E-state index >= 15 is 0 Å². The van der Waals surface area contributed by atoms with E-state index in [-0.39, 0.29) is 5.60 Å². The zero-order valence-corrected chi connectivity index (χ0v) is 9.48. The Bertz CT molecular complexity index is 144. The Morgan fingerprint density at radius 1 is 1.31 bits per heavy atom. The van der Waals surface area contributed by atoms with E-state index in [9.17, 15) is 5.11 Å². The Kier molecular flexibility index (Phi) is 4.89. The number of likely N-dealkylation sites (N-methyl/N-ethyl adjacent to an activating group) is 1. The SMILES string of the molecule is CCNCC(C)(O)CC(C)(C)OC. The van der Waals surface area contributed by atoms with Crippen LogP contribution in [0.1, 0.15) is 34.1 Å². The minimum Gasteiger partial charge on any atom is -0.389 e. The molecule has 0 aromatic heterocycles. The Morgan fingerprint density at radius 2 is 1.85 bits per heavy atom. The van der Waals surface area contributed by atoms with Gasteiger partial charge in [-0.15, -0.1) is 0 Å². The molecule has 1 atom stereocenters. The summed E-state index contributed by atoms with van der Waals surface area (Å²) in [5, 5.41) is 13.1. The molecule has 0 amide bonds. The third kappa shape index (κ3) is 6.02. The molecule has 0 aliphatic carbocycles. The van der Waals surface area contributed by atoms with Crippen LogP contribution < -0.4 is 5.32 Å². The van der Waals surface area contributed by atoms with Gasteiger partial charge in [0, 0.05) is 20.1 Å². The summed E-state index contributed by atoms with van der Waals surface area (Å²) >= 11 is 0. The van der Waals surface area contributed by atoms with Gasteiger partial charge >= 0.3 is 0 Å². The molecule has 13 heavy (non-hydrogen) atoms. The van der Waals surface area contributed by atoms with Crippen LogP contribution >= 0.6 is 0 Å². The molecule has 0 aliphatic rings. The first-order valence-corrected chi connectivity index (χ1v) is 4.81.